The first kappa shape index (κ1) is 12.8. The molecule has 98 valence electrons. The van der Waals surface area contributed by atoms with Crippen LogP contribution in [0.5, 0.6) is 0 Å². The number of carbonyl (C=O) groups is 1. The molecule has 2 fully saturated rings. The molecule has 1 saturated heterocycles. The number of nitrogens with zero attached hydrogens (tertiary/aromatic N) is 1. The van der Waals surface area contributed by atoms with Gasteiger partial charge in [0.2, 0.25) is 0 Å². The summed E-state index contributed by atoms with van der Waals surface area (Å²) < 4.78 is 5.29. The van der Waals surface area contributed by atoms with Gasteiger partial charge in [0.15, 0.2) is 0 Å². The number of carboxylic acid groups (broad SMARTS) is 1. The predicted molar refractivity (Wildman–Crippen MR) is 65.0 cm³/mol. The minimum Gasteiger partial charge on any atom is -0.481 e. The summed E-state index contributed by atoms with van der Waals surface area (Å²) in [5.41, 5.74) is -0.659. The number of hydrogen-bond acceptors (Lipinski definition) is 3. The van der Waals surface area contributed by atoms with Gasteiger partial charge in [-0.1, -0.05) is 12.8 Å². The number of hydrogen-bond donors (Lipinski definition) is 1. The molecule has 4 heteroatoms. The van der Waals surface area contributed by atoms with Gasteiger partial charge in [0.1, 0.15) is 5.41 Å². The lowest BCUT2D eigenvalue weighted by atomic mass is 9.86. The van der Waals surface area contributed by atoms with Crippen molar-refractivity contribution in [3.63, 3.8) is 0 Å². The van der Waals surface area contributed by atoms with Crippen LogP contribution in [-0.2, 0) is 9.53 Å². The van der Waals surface area contributed by atoms with Gasteiger partial charge < -0.3 is 14.7 Å². The van der Waals surface area contributed by atoms with E-state index in [1.165, 1.54) is 25.7 Å². The highest BCUT2D eigenvalue weighted by Crippen LogP contribution is 2.31. The lowest BCUT2D eigenvalue weighted by molar-refractivity contribution is -0.150. The molecule has 2 aliphatic rings. The summed E-state index contributed by atoms with van der Waals surface area (Å²) in [6.07, 6.45) is 5.94. The molecule has 0 radical (unpaired) electrons. The molecular formula is C13H23NO3. The van der Waals surface area contributed by atoms with Crippen molar-refractivity contribution in [1.29, 1.82) is 0 Å². The second kappa shape index (κ2) is 5.36. The maximum absolute atomic E-state index is 11.4. The average molecular weight is 241 g/mol. The Morgan fingerprint density at radius 3 is 2.71 bits per heavy atom. The fourth-order valence-electron chi connectivity index (χ4n) is 3.18. The molecule has 4 nitrogen and oxygen atoms in total. The summed E-state index contributed by atoms with van der Waals surface area (Å²) in [7, 11) is 2.04. The molecule has 1 aliphatic carbocycles. The zero-order valence-electron chi connectivity index (χ0n) is 10.7. The first-order chi connectivity index (χ1) is 8.12. The highest BCUT2D eigenvalue weighted by Gasteiger charge is 2.43. The summed E-state index contributed by atoms with van der Waals surface area (Å²) in [5.74, 6) is 0.0708. The van der Waals surface area contributed by atoms with E-state index in [1.54, 1.807) is 0 Å². The molecule has 0 amide bonds. The Morgan fingerprint density at radius 2 is 2.18 bits per heavy atom. The number of ether oxygens (including phenoxy) is 1. The monoisotopic (exact) mass is 241 g/mol. The van der Waals surface area contributed by atoms with E-state index in [-0.39, 0.29) is 0 Å². The van der Waals surface area contributed by atoms with Crippen molar-refractivity contribution >= 4 is 5.97 Å². The molecule has 1 aliphatic heterocycles. The van der Waals surface area contributed by atoms with Crippen molar-refractivity contribution < 1.29 is 14.6 Å². The highest BCUT2D eigenvalue weighted by molar-refractivity contribution is 5.75. The highest BCUT2D eigenvalue weighted by atomic mass is 16.5. The topological polar surface area (TPSA) is 49.8 Å². The van der Waals surface area contributed by atoms with E-state index in [0.29, 0.717) is 26.2 Å². The van der Waals surface area contributed by atoms with Crippen LogP contribution in [0.15, 0.2) is 0 Å². The number of rotatable bonds is 5. The van der Waals surface area contributed by atoms with Gasteiger partial charge in [0.25, 0.3) is 0 Å². The number of carboxylic acids is 1. The quantitative estimate of drug-likeness (QED) is 0.794. The van der Waals surface area contributed by atoms with Gasteiger partial charge >= 0.3 is 5.97 Å². The summed E-state index contributed by atoms with van der Waals surface area (Å²) >= 11 is 0. The molecule has 1 heterocycles. The summed E-state index contributed by atoms with van der Waals surface area (Å²) in [4.78, 5) is 13.6. The maximum Gasteiger partial charge on any atom is 0.313 e. The fourth-order valence-corrected chi connectivity index (χ4v) is 3.18. The normalized spacial score (nSPS) is 30.2. The van der Waals surface area contributed by atoms with E-state index in [2.05, 4.69) is 4.90 Å². The average Bonchev–Trinajstić information content (AvgIpc) is 2.89. The van der Waals surface area contributed by atoms with Crippen LogP contribution in [0.25, 0.3) is 0 Å². The lowest BCUT2D eigenvalue weighted by Crippen LogP contribution is -2.43. The number of aliphatic carboxylic acids is 1. The Labute approximate surface area is 103 Å². The Bertz CT molecular complexity index is 268. The Balaban J connectivity index is 1.86. The molecule has 0 spiro atoms. The van der Waals surface area contributed by atoms with Crippen LogP contribution >= 0.6 is 0 Å². The van der Waals surface area contributed by atoms with Crippen LogP contribution < -0.4 is 0 Å². The van der Waals surface area contributed by atoms with Gasteiger partial charge in [-0.05, 0) is 32.2 Å². The van der Waals surface area contributed by atoms with Crippen LogP contribution in [-0.4, -0.2) is 49.3 Å². The molecule has 1 N–H and O–H groups in total. The summed E-state index contributed by atoms with van der Waals surface area (Å²) in [6.45, 7) is 2.62. The predicted octanol–water partition coefficient (Wildman–Crippen LogP) is 1.60. The van der Waals surface area contributed by atoms with E-state index in [1.807, 2.05) is 7.05 Å². The van der Waals surface area contributed by atoms with E-state index in [9.17, 15) is 9.90 Å². The van der Waals surface area contributed by atoms with Crippen molar-refractivity contribution in [2.75, 3.05) is 33.4 Å². The minimum absolute atomic E-state index is 0.372. The second-order valence-corrected chi connectivity index (χ2v) is 5.74. The van der Waals surface area contributed by atoms with Crippen molar-refractivity contribution in [3.8, 4) is 0 Å². The zero-order chi connectivity index (χ0) is 12.3. The van der Waals surface area contributed by atoms with Crippen molar-refractivity contribution in [3.05, 3.63) is 0 Å². The van der Waals surface area contributed by atoms with Crippen molar-refractivity contribution in [1.82, 2.24) is 4.90 Å². The Hall–Kier alpha value is -0.610. The molecule has 0 bridgehead atoms. The van der Waals surface area contributed by atoms with Gasteiger partial charge in [-0.2, -0.15) is 0 Å². The largest absolute Gasteiger partial charge is 0.481 e. The molecule has 0 aromatic heterocycles. The van der Waals surface area contributed by atoms with Crippen molar-refractivity contribution in [2.45, 2.75) is 32.1 Å². The first-order valence-electron chi connectivity index (χ1n) is 6.62. The van der Waals surface area contributed by atoms with Gasteiger partial charge in [-0.15, -0.1) is 0 Å². The van der Waals surface area contributed by atoms with Crippen LogP contribution in [0.2, 0.25) is 0 Å². The summed E-state index contributed by atoms with van der Waals surface area (Å²) in [6, 6.07) is 0. The SMILES string of the molecule is CN(CC1CCCC1)CC1(C(=O)O)CCOC1. The van der Waals surface area contributed by atoms with Crippen molar-refractivity contribution in [2.24, 2.45) is 11.3 Å². The Morgan fingerprint density at radius 1 is 1.47 bits per heavy atom. The van der Waals surface area contributed by atoms with Crippen LogP contribution in [0.3, 0.4) is 0 Å². The first-order valence-corrected chi connectivity index (χ1v) is 6.62. The molecule has 2 rings (SSSR count). The van der Waals surface area contributed by atoms with Gasteiger partial charge in [-0.3, -0.25) is 4.79 Å². The smallest absolute Gasteiger partial charge is 0.313 e. The lowest BCUT2D eigenvalue weighted by Gasteiger charge is -2.29. The molecule has 0 aromatic rings. The third-order valence-corrected chi connectivity index (χ3v) is 4.17. The molecule has 17 heavy (non-hydrogen) atoms. The Kier molecular flexibility index (Phi) is 4.05. The van der Waals surface area contributed by atoms with E-state index in [0.717, 1.165) is 12.5 Å². The van der Waals surface area contributed by atoms with Crippen LogP contribution in [0.1, 0.15) is 32.1 Å². The van der Waals surface area contributed by atoms with Gasteiger partial charge in [0, 0.05) is 19.7 Å². The van der Waals surface area contributed by atoms with Gasteiger partial charge in [0.05, 0.1) is 6.61 Å². The van der Waals surface area contributed by atoms with Crippen LogP contribution in [0.4, 0.5) is 0 Å². The minimum atomic E-state index is -0.701. The molecular weight excluding hydrogens is 218 g/mol. The fraction of sp³-hybridized carbons (Fsp3) is 0.923. The second-order valence-electron chi connectivity index (χ2n) is 5.74. The summed E-state index contributed by atoms with van der Waals surface area (Å²) in [5, 5.41) is 9.37. The molecule has 1 unspecified atom stereocenters. The standard InChI is InChI=1S/C13H23NO3/c1-14(8-11-4-2-3-5-11)9-13(12(15)16)6-7-17-10-13/h11H,2-10H2,1H3,(H,15,16). The molecule has 1 saturated carbocycles. The third-order valence-electron chi connectivity index (χ3n) is 4.17. The maximum atomic E-state index is 11.4. The van der Waals surface area contributed by atoms with Gasteiger partial charge in [-0.25, -0.2) is 0 Å². The third kappa shape index (κ3) is 2.99. The van der Waals surface area contributed by atoms with Crippen LogP contribution in [0, 0.1) is 11.3 Å². The molecule has 1 atom stereocenters. The van der Waals surface area contributed by atoms with E-state index < -0.39 is 11.4 Å². The van der Waals surface area contributed by atoms with E-state index >= 15 is 0 Å². The zero-order valence-corrected chi connectivity index (χ0v) is 10.7. The van der Waals surface area contributed by atoms with E-state index in [4.69, 9.17) is 4.74 Å². The molecule has 0 aromatic carbocycles.